The lowest BCUT2D eigenvalue weighted by molar-refractivity contribution is -0.402. The fraction of sp³-hybridized carbons (Fsp3) is 0.0833. The van der Waals surface area contributed by atoms with Crippen molar-refractivity contribution < 1.29 is 18.6 Å². The van der Waals surface area contributed by atoms with Crippen LogP contribution in [-0.4, -0.2) is 21.0 Å². The van der Waals surface area contributed by atoms with E-state index in [1.54, 1.807) is 11.3 Å². The first kappa shape index (κ1) is 13.9. The second kappa shape index (κ2) is 5.77. The van der Waals surface area contributed by atoms with Crippen LogP contribution in [0.4, 0.5) is 11.9 Å². The molecule has 0 aromatic carbocycles. The normalized spacial score (nSPS) is 10.5. The quantitative estimate of drug-likeness (QED) is 0.565. The third-order valence-electron chi connectivity index (χ3n) is 2.59. The van der Waals surface area contributed by atoms with Gasteiger partial charge in [0.2, 0.25) is 5.89 Å². The van der Waals surface area contributed by atoms with E-state index < -0.39 is 16.7 Å². The van der Waals surface area contributed by atoms with Gasteiger partial charge in [0.1, 0.15) is 4.92 Å². The number of carbonyl (C=O) groups is 1. The summed E-state index contributed by atoms with van der Waals surface area (Å²) in [4.78, 5) is 22.6. The van der Waals surface area contributed by atoms with Crippen molar-refractivity contribution in [2.24, 2.45) is 0 Å². The molecule has 0 fully saturated rings. The van der Waals surface area contributed by atoms with Crippen molar-refractivity contribution in [2.45, 2.75) is 6.42 Å². The lowest BCUT2D eigenvalue weighted by atomic mass is 10.3. The van der Waals surface area contributed by atoms with Gasteiger partial charge in [-0.2, -0.15) is 0 Å². The molecule has 0 radical (unpaired) electrons. The van der Waals surface area contributed by atoms with Gasteiger partial charge in [-0.25, -0.2) is 0 Å². The predicted octanol–water partition coefficient (Wildman–Crippen LogP) is 2.48. The molecule has 112 valence electrons. The van der Waals surface area contributed by atoms with Crippen LogP contribution < -0.4 is 5.32 Å². The smallest absolute Gasteiger partial charge is 0.407 e. The fourth-order valence-electron chi connectivity index (χ4n) is 1.64. The van der Waals surface area contributed by atoms with Crippen LogP contribution in [0.1, 0.15) is 21.3 Å². The van der Waals surface area contributed by atoms with E-state index in [0.717, 1.165) is 10.9 Å². The summed E-state index contributed by atoms with van der Waals surface area (Å²) in [7, 11) is 0. The molecule has 0 saturated heterocycles. The summed E-state index contributed by atoms with van der Waals surface area (Å²) in [6.45, 7) is 0. The molecule has 0 aliphatic rings. The average Bonchev–Trinajstić information content (AvgIpc) is 3.19. The summed E-state index contributed by atoms with van der Waals surface area (Å²) in [5.74, 6) is -1.10. The van der Waals surface area contributed by atoms with Crippen LogP contribution in [0.15, 0.2) is 38.5 Å². The van der Waals surface area contributed by atoms with Crippen molar-refractivity contribution in [3.8, 4) is 0 Å². The zero-order chi connectivity index (χ0) is 15.5. The number of hydrogen-bond acceptors (Lipinski definition) is 8. The lowest BCUT2D eigenvalue weighted by Crippen LogP contribution is -2.11. The van der Waals surface area contributed by atoms with Crippen LogP contribution in [-0.2, 0) is 6.42 Å². The summed E-state index contributed by atoms with van der Waals surface area (Å²) >= 11 is 1.55. The van der Waals surface area contributed by atoms with E-state index >= 15 is 0 Å². The first-order valence-electron chi connectivity index (χ1n) is 6.02. The molecule has 0 aliphatic heterocycles. The Bertz CT molecular complexity index is 807. The third-order valence-corrected chi connectivity index (χ3v) is 3.46. The highest BCUT2D eigenvalue weighted by atomic mass is 32.1. The summed E-state index contributed by atoms with van der Waals surface area (Å²) in [6.07, 6.45) is 0.465. The SMILES string of the molecule is O=C(Nc1nnc(Cc2cccs2)o1)c1ccc([N+](=O)[O-])o1. The zero-order valence-corrected chi connectivity index (χ0v) is 11.7. The van der Waals surface area contributed by atoms with Gasteiger partial charge in [0.15, 0.2) is 5.76 Å². The second-order valence-electron chi connectivity index (χ2n) is 4.11. The highest BCUT2D eigenvalue weighted by molar-refractivity contribution is 7.09. The molecule has 0 saturated carbocycles. The Balaban J connectivity index is 1.66. The average molecular weight is 320 g/mol. The number of anilines is 1. The van der Waals surface area contributed by atoms with Crippen LogP contribution >= 0.6 is 11.3 Å². The topological polar surface area (TPSA) is 124 Å². The van der Waals surface area contributed by atoms with Crippen molar-refractivity contribution >= 4 is 29.1 Å². The molecular formula is C12H8N4O5S. The lowest BCUT2D eigenvalue weighted by Gasteiger charge is -1.95. The highest BCUT2D eigenvalue weighted by Crippen LogP contribution is 2.18. The van der Waals surface area contributed by atoms with E-state index in [-0.39, 0.29) is 11.8 Å². The summed E-state index contributed by atoms with van der Waals surface area (Å²) in [5.41, 5.74) is 0. The first-order valence-corrected chi connectivity index (χ1v) is 6.90. The Labute approximate surface area is 126 Å². The van der Waals surface area contributed by atoms with Gasteiger partial charge in [0, 0.05) is 4.88 Å². The number of carbonyl (C=O) groups excluding carboxylic acids is 1. The van der Waals surface area contributed by atoms with Gasteiger partial charge < -0.3 is 8.83 Å². The van der Waals surface area contributed by atoms with Crippen molar-refractivity contribution in [3.63, 3.8) is 0 Å². The van der Waals surface area contributed by atoms with Crippen molar-refractivity contribution in [3.05, 3.63) is 56.3 Å². The number of hydrogen-bond donors (Lipinski definition) is 1. The van der Waals surface area contributed by atoms with Gasteiger partial charge in [-0.05, 0) is 17.5 Å². The molecule has 0 aliphatic carbocycles. The Hall–Kier alpha value is -3.01. The molecule has 3 heterocycles. The van der Waals surface area contributed by atoms with E-state index in [4.69, 9.17) is 8.83 Å². The van der Waals surface area contributed by atoms with Crippen LogP contribution in [0, 0.1) is 10.1 Å². The Morgan fingerprint density at radius 1 is 1.32 bits per heavy atom. The standard InChI is InChI=1S/C12H8N4O5S/c17-11(8-3-4-10(20-8)16(18)19)13-12-15-14-9(21-12)6-7-2-1-5-22-7/h1-5H,6H2,(H,13,15,17). The molecule has 1 amide bonds. The molecule has 0 bridgehead atoms. The van der Waals surface area contributed by atoms with Gasteiger partial charge in [-0.1, -0.05) is 11.2 Å². The van der Waals surface area contributed by atoms with Crippen molar-refractivity contribution in [1.29, 1.82) is 0 Å². The molecule has 9 nitrogen and oxygen atoms in total. The summed E-state index contributed by atoms with van der Waals surface area (Å²) < 4.78 is 10.1. The molecule has 22 heavy (non-hydrogen) atoms. The summed E-state index contributed by atoms with van der Waals surface area (Å²) in [5, 5.41) is 22.2. The van der Waals surface area contributed by atoms with E-state index in [1.807, 2.05) is 17.5 Å². The predicted molar refractivity (Wildman–Crippen MR) is 74.7 cm³/mol. The van der Waals surface area contributed by atoms with E-state index in [1.165, 1.54) is 6.07 Å². The van der Waals surface area contributed by atoms with Crippen LogP contribution in [0.2, 0.25) is 0 Å². The van der Waals surface area contributed by atoms with E-state index in [2.05, 4.69) is 15.5 Å². The molecule has 3 rings (SSSR count). The number of thiophene rings is 1. The number of amides is 1. The zero-order valence-electron chi connectivity index (χ0n) is 10.9. The maximum atomic E-state index is 11.8. The largest absolute Gasteiger partial charge is 0.433 e. The monoisotopic (exact) mass is 320 g/mol. The minimum absolute atomic E-state index is 0.101. The molecule has 3 aromatic heterocycles. The number of aromatic nitrogens is 2. The van der Waals surface area contributed by atoms with Crippen molar-refractivity contribution in [2.75, 3.05) is 5.32 Å². The van der Waals surface area contributed by atoms with Gasteiger partial charge >= 0.3 is 11.9 Å². The third kappa shape index (κ3) is 3.01. The Kier molecular flexibility index (Phi) is 3.66. The van der Waals surface area contributed by atoms with E-state index in [9.17, 15) is 14.9 Å². The molecule has 10 heteroatoms. The maximum absolute atomic E-state index is 11.8. The molecule has 3 aromatic rings. The van der Waals surface area contributed by atoms with Gasteiger partial charge in [0.25, 0.3) is 5.91 Å². The highest BCUT2D eigenvalue weighted by Gasteiger charge is 2.19. The second-order valence-corrected chi connectivity index (χ2v) is 5.14. The van der Waals surface area contributed by atoms with Crippen LogP contribution in [0.3, 0.4) is 0 Å². The molecule has 0 atom stereocenters. The van der Waals surface area contributed by atoms with Gasteiger partial charge in [-0.15, -0.1) is 16.4 Å². The van der Waals surface area contributed by atoms with Crippen molar-refractivity contribution in [1.82, 2.24) is 10.2 Å². The van der Waals surface area contributed by atoms with Crippen LogP contribution in [0.5, 0.6) is 0 Å². The fourth-order valence-corrected chi connectivity index (χ4v) is 2.34. The Morgan fingerprint density at radius 3 is 2.86 bits per heavy atom. The molecule has 1 N–H and O–H groups in total. The minimum atomic E-state index is -0.734. The molecular weight excluding hydrogens is 312 g/mol. The maximum Gasteiger partial charge on any atom is 0.433 e. The summed E-state index contributed by atoms with van der Waals surface area (Å²) in [6, 6.07) is 6.01. The minimum Gasteiger partial charge on any atom is -0.407 e. The van der Waals surface area contributed by atoms with E-state index in [0.29, 0.717) is 12.3 Å². The Morgan fingerprint density at radius 2 is 2.18 bits per heavy atom. The number of furan rings is 1. The van der Waals surface area contributed by atoms with Gasteiger partial charge in [-0.3, -0.25) is 20.2 Å². The molecule has 0 unspecified atom stereocenters. The number of nitrogens with one attached hydrogen (secondary N) is 1. The molecule has 0 spiro atoms. The number of nitrogens with zero attached hydrogens (tertiary/aromatic N) is 3. The van der Waals surface area contributed by atoms with Crippen LogP contribution in [0.25, 0.3) is 0 Å². The first-order chi connectivity index (χ1) is 10.6. The number of rotatable bonds is 5. The van der Waals surface area contributed by atoms with Gasteiger partial charge in [0.05, 0.1) is 12.5 Å². The number of nitro groups is 1.